The van der Waals surface area contributed by atoms with Gasteiger partial charge in [0.1, 0.15) is 20.2 Å². The van der Waals surface area contributed by atoms with E-state index in [1.54, 1.807) is 0 Å². The van der Waals surface area contributed by atoms with Gasteiger partial charge in [0.2, 0.25) is 0 Å². The first-order valence-corrected chi connectivity index (χ1v) is 15.7. The van der Waals surface area contributed by atoms with E-state index < -0.39 is 47.7 Å². The molecule has 3 N–H and O–H groups in total. The molecule has 0 spiro atoms. The molecule has 0 radical (unpaired) electrons. The molecule has 0 fully saturated rings. The van der Waals surface area contributed by atoms with Gasteiger partial charge in [-0.25, -0.2) is 16.8 Å². The number of nitrogens with one attached hydrogen (secondary N) is 3. The molecule has 0 aliphatic rings. The second-order valence-electron chi connectivity index (χ2n) is 8.86. The number of carbonyl (C=O) groups excluding carboxylic acids is 3. The number of carbonyl (C=O) groups is 3. The van der Waals surface area contributed by atoms with Crippen molar-refractivity contribution in [3.05, 3.63) is 108 Å². The van der Waals surface area contributed by atoms with Gasteiger partial charge in [-0.1, -0.05) is 0 Å². The van der Waals surface area contributed by atoms with Gasteiger partial charge in [0, 0.05) is 38.6 Å². The zero-order valence-electron chi connectivity index (χ0n) is 25.3. The Balaban J connectivity index is 0.00000384. The van der Waals surface area contributed by atoms with Gasteiger partial charge < -0.3 is 30.3 Å². The number of hydrogen-bond donors (Lipinski definition) is 3. The number of anilines is 3. The van der Waals surface area contributed by atoms with Gasteiger partial charge >= 0.3 is 88.7 Å². The van der Waals surface area contributed by atoms with Gasteiger partial charge in [0.05, 0.1) is 21.8 Å². The third-order valence-corrected chi connectivity index (χ3v) is 8.08. The summed E-state index contributed by atoms with van der Waals surface area (Å²) in [6, 6.07) is 18.2. The molecule has 0 aromatic heterocycles. The third kappa shape index (κ3) is 12.9. The van der Waals surface area contributed by atoms with Crippen LogP contribution in [-0.2, 0) is 29.6 Å². The molecule has 4 aromatic carbocycles. The van der Waals surface area contributed by atoms with Crippen LogP contribution in [0.3, 0.4) is 0 Å². The monoisotopic (exact) mass is 741 g/mol. The minimum atomic E-state index is -4.72. The molecule has 0 aliphatic heterocycles. The number of benzene rings is 4. The predicted octanol–water partition coefficient (Wildman–Crippen LogP) is -6.51. The molecule has 0 saturated heterocycles. The normalized spacial score (nSPS) is 10.7. The molecule has 0 bridgehead atoms. The maximum atomic E-state index is 13.2. The second-order valence-corrected chi connectivity index (χ2v) is 12.4. The summed E-state index contributed by atoms with van der Waals surface area (Å²) in [4.78, 5) is 38.9. The van der Waals surface area contributed by atoms with Crippen LogP contribution < -0.4 is 110 Å². The average Bonchev–Trinajstić information content (AvgIpc) is 3.00. The van der Waals surface area contributed by atoms with Gasteiger partial charge in [0.25, 0.3) is 17.7 Å². The van der Waals surface area contributed by atoms with E-state index >= 15 is 0 Å². The van der Waals surface area contributed by atoms with Crippen LogP contribution >= 0.6 is 12.0 Å². The maximum Gasteiger partial charge on any atom is 1.00 e. The first-order chi connectivity index (χ1) is 21.2. The standard InChI is InChI=1S/C27H21N3O12S3.3Na/c31-25(28-19-1-7-22(8-2-19)43-42-41-34)16-13-17(26(32)29-20-3-9-23(10-4-20)44(35,36)37)15-18(14-16)27(33)30-21-5-11-24(12-6-21)45(38,39)40;;;/h1-15,34H,(H,28,31)(H,29,32)(H,30,33)(H,35,36,37)(H,38,39,40);;;/q;3*+1/p-3. The average molecular weight is 742 g/mol. The van der Waals surface area contributed by atoms with Crippen molar-refractivity contribution in [1.29, 1.82) is 0 Å². The van der Waals surface area contributed by atoms with Crippen molar-refractivity contribution < 1.29 is 144 Å². The molecule has 0 heterocycles. The molecule has 0 unspecified atom stereocenters. The Morgan fingerprint density at radius 2 is 0.833 bits per heavy atom. The zero-order valence-corrected chi connectivity index (χ0v) is 33.7. The Kier molecular flexibility index (Phi) is 18.2. The Morgan fingerprint density at radius 3 is 1.10 bits per heavy atom. The molecule has 4 aromatic rings. The van der Waals surface area contributed by atoms with E-state index in [4.69, 9.17) is 0 Å². The van der Waals surface area contributed by atoms with E-state index in [9.17, 15) is 45.6 Å². The van der Waals surface area contributed by atoms with E-state index in [-0.39, 0.29) is 117 Å². The Bertz CT molecular complexity index is 1860. The van der Waals surface area contributed by atoms with E-state index in [1.807, 2.05) is 0 Å². The summed E-state index contributed by atoms with van der Waals surface area (Å²) >= 11 is 0.633. The molecule has 0 aliphatic carbocycles. The van der Waals surface area contributed by atoms with Gasteiger partial charge in [-0.05, 0) is 91.0 Å². The van der Waals surface area contributed by atoms with Crippen molar-refractivity contribution in [2.24, 2.45) is 0 Å². The minimum Gasteiger partial charge on any atom is -0.744 e. The summed E-state index contributed by atoms with van der Waals surface area (Å²) in [7, 11) is -9.44. The third-order valence-electron chi connectivity index (χ3n) is 5.79. The zero-order chi connectivity index (χ0) is 32.8. The van der Waals surface area contributed by atoms with Crippen molar-refractivity contribution in [3.8, 4) is 0 Å². The summed E-state index contributed by atoms with van der Waals surface area (Å²) in [6.45, 7) is 0. The van der Waals surface area contributed by atoms with Crippen LogP contribution in [0, 0.1) is 0 Å². The molecule has 21 heteroatoms. The maximum absolute atomic E-state index is 13.2. The summed E-state index contributed by atoms with van der Waals surface area (Å²) < 4.78 is 71.4. The van der Waals surface area contributed by atoms with Crippen LogP contribution in [0.25, 0.3) is 0 Å². The van der Waals surface area contributed by atoms with Crippen molar-refractivity contribution in [2.75, 3.05) is 16.0 Å². The molecule has 3 amide bonds. The van der Waals surface area contributed by atoms with Crippen LogP contribution in [0.15, 0.2) is 106 Å². The fourth-order valence-electron chi connectivity index (χ4n) is 3.69. The Labute approximate surface area is 345 Å². The van der Waals surface area contributed by atoms with E-state index in [0.29, 0.717) is 22.6 Å². The molecule has 4 rings (SSSR count). The van der Waals surface area contributed by atoms with Crippen LogP contribution in [0.4, 0.5) is 17.1 Å². The smallest absolute Gasteiger partial charge is 0.744 e. The first kappa shape index (κ1) is 44.4. The van der Waals surface area contributed by atoms with Crippen molar-refractivity contribution >= 4 is 67.1 Å². The topological polar surface area (TPSA) is 243 Å². The van der Waals surface area contributed by atoms with E-state index in [0.717, 1.165) is 24.3 Å². The Hall–Kier alpha value is -1.66. The van der Waals surface area contributed by atoms with Crippen LogP contribution in [0.5, 0.6) is 0 Å². The molecular weight excluding hydrogens is 723 g/mol. The number of hydrogen-bond acceptors (Lipinski definition) is 13. The van der Waals surface area contributed by atoms with Gasteiger partial charge in [-0.2, -0.15) is 4.33 Å². The summed E-state index contributed by atoms with van der Waals surface area (Å²) in [6.07, 6.45) is 0. The number of amides is 3. The van der Waals surface area contributed by atoms with Gasteiger partial charge in [-0.15, -0.1) is 0 Å². The van der Waals surface area contributed by atoms with Crippen LogP contribution in [-0.4, -0.2) is 43.7 Å². The summed E-state index contributed by atoms with van der Waals surface area (Å²) in [5.74, 6) is -2.33. The first-order valence-electron chi connectivity index (χ1n) is 12.2. The molecule has 15 nitrogen and oxygen atoms in total. The quantitative estimate of drug-likeness (QED) is 0.0427. The minimum absolute atomic E-state index is 0. The predicted molar refractivity (Wildman–Crippen MR) is 154 cm³/mol. The fraction of sp³-hybridized carbons (Fsp3) is 0. The SMILES string of the molecule is O=C(Nc1ccc(SOO[O-])cc1)c1cc(C(=O)Nc2ccc(S(=O)(=O)[O-])cc2)cc(C(=O)Nc2ccc(S(=O)(=O)[O-])cc2)c1.[Na+].[Na+].[Na+]. The van der Waals surface area contributed by atoms with Crippen molar-refractivity contribution in [3.63, 3.8) is 0 Å². The largest absolute Gasteiger partial charge is 1.00 e. The van der Waals surface area contributed by atoms with Crippen molar-refractivity contribution in [2.45, 2.75) is 14.7 Å². The second kappa shape index (κ2) is 19.7. The van der Waals surface area contributed by atoms with Crippen molar-refractivity contribution in [1.82, 2.24) is 0 Å². The van der Waals surface area contributed by atoms with Crippen LogP contribution in [0.1, 0.15) is 31.1 Å². The Morgan fingerprint density at radius 1 is 0.542 bits per heavy atom. The summed E-state index contributed by atoms with van der Waals surface area (Å²) in [5.41, 5.74) is 0.0484. The fourth-order valence-corrected chi connectivity index (χ4v) is 4.98. The molecular formula is C27H18N3Na3O12S3. The number of rotatable bonds is 11. The van der Waals surface area contributed by atoms with E-state index in [1.165, 1.54) is 66.7 Å². The van der Waals surface area contributed by atoms with Gasteiger partial charge in [-0.3, -0.25) is 19.4 Å². The molecule has 0 saturated carbocycles. The molecule has 234 valence electrons. The van der Waals surface area contributed by atoms with Gasteiger partial charge in [0.15, 0.2) is 0 Å². The summed E-state index contributed by atoms with van der Waals surface area (Å²) in [5, 5.41) is 20.8. The molecule has 48 heavy (non-hydrogen) atoms. The van der Waals surface area contributed by atoms with Crippen LogP contribution in [0.2, 0.25) is 0 Å². The molecule has 0 atom stereocenters. The van der Waals surface area contributed by atoms with E-state index in [2.05, 4.69) is 25.3 Å².